The number of benzene rings is 2. The quantitative estimate of drug-likeness (QED) is 0.373. The minimum absolute atomic E-state index is 0.0642. The topological polar surface area (TPSA) is 105 Å². The summed E-state index contributed by atoms with van der Waals surface area (Å²) in [6.07, 6.45) is 1.92. The lowest BCUT2D eigenvalue weighted by molar-refractivity contribution is -0.116. The van der Waals surface area contributed by atoms with Gasteiger partial charge in [0.15, 0.2) is 0 Å². The maximum atomic E-state index is 12.5. The van der Waals surface area contributed by atoms with Gasteiger partial charge in [-0.15, -0.1) is 0 Å². The maximum Gasteiger partial charge on any atom is 0.339 e. The lowest BCUT2D eigenvalue weighted by Crippen LogP contribution is -2.25. The molecule has 0 spiro atoms. The Morgan fingerprint density at radius 1 is 1.09 bits per heavy atom. The van der Waals surface area contributed by atoms with Gasteiger partial charge < -0.3 is 9.73 Å². The molecule has 1 aromatic heterocycles. The first kappa shape index (κ1) is 23.7. The number of hydrogen-bond donors (Lipinski definition) is 2. The monoisotopic (exact) mass is 456 g/mol. The van der Waals surface area contributed by atoms with Crippen molar-refractivity contribution >= 4 is 32.6 Å². The summed E-state index contributed by atoms with van der Waals surface area (Å²) in [5.74, 6) is -0.318. The SMILES string of the molecule is CCCCNS(=O)(=O)c1cccc(NC(=O)CCc2c(C)c3ccc(C)cc3oc2=O)c1. The predicted octanol–water partition coefficient (Wildman–Crippen LogP) is 4.06. The second-order valence-electron chi connectivity index (χ2n) is 7.82. The van der Waals surface area contributed by atoms with E-state index in [0.29, 0.717) is 23.4 Å². The molecule has 0 saturated carbocycles. The first-order valence-corrected chi connectivity index (χ1v) is 12.1. The molecule has 3 rings (SSSR count). The Labute approximate surface area is 187 Å². The molecule has 0 aliphatic heterocycles. The van der Waals surface area contributed by atoms with Crippen LogP contribution in [0.4, 0.5) is 5.69 Å². The van der Waals surface area contributed by atoms with E-state index >= 15 is 0 Å². The highest BCUT2D eigenvalue weighted by atomic mass is 32.2. The summed E-state index contributed by atoms with van der Waals surface area (Å²) < 4.78 is 32.8. The highest BCUT2D eigenvalue weighted by Gasteiger charge is 2.16. The lowest BCUT2D eigenvalue weighted by Gasteiger charge is -2.10. The third-order valence-corrected chi connectivity index (χ3v) is 6.75. The summed E-state index contributed by atoms with van der Waals surface area (Å²) >= 11 is 0. The molecule has 2 N–H and O–H groups in total. The number of carbonyl (C=O) groups excluding carboxylic acids is 1. The van der Waals surface area contributed by atoms with Crippen molar-refractivity contribution in [2.45, 2.75) is 51.3 Å². The first-order valence-electron chi connectivity index (χ1n) is 10.6. The second-order valence-corrected chi connectivity index (χ2v) is 9.59. The van der Waals surface area contributed by atoms with Crippen LogP contribution in [-0.4, -0.2) is 20.9 Å². The molecular formula is C24H28N2O5S. The Bertz CT molecular complexity index is 1300. The number of fused-ring (bicyclic) bond motifs is 1. The van der Waals surface area contributed by atoms with E-state index in [-0.39, 0.29) is 23.6 Å². The molecule has 0 radical (unpaired) electrons. The van der Waals surface area contributed by atoms with Crippen molar-refractivity contribution < 1.29 is 17.6 Å². The molecule has 3 aromatic rings. The highest BCUT2D eigenvalue weighted by Crippen LogP contribution is 2.22. The normalized spacial score (nSPS) is 11.6. The van der Waals surface area contributed by atoms with Crippen molar-refractivity contribution in [1.82, 2.24) is 4.72 Å². The number of carbonyl (C=O) groups is 1. The van der Waals surface area contributed by atoms with Crippen LogP contribution in [0.5, 0.6) is 0 Å². The molecule has 0 saturated heterocycles. The van der Waals surface area contributed by atoms with Gasteiger partial charge in [0.25, 0.3) is 0 Å². The van der Waals surface area contributed by atoms with E-state index in [9.17, 15) is 18.0 Å². The fourth-order valence-electron chi connectivity index (χ4n) is 3.46. The van der Waals surface area contributed by atoms with Crippen molar-refractivity contribution in [2.24, 2.45) is 0 Å². The van der Waals surface area contributed by atoms with Crippen LogP contribution in [0.2, 0.25) is 0 Å². The fraction of sp³-hybridized carbons (Fsp3) is 0.333. The van der Waals surface area contributed by atoms with Crippen LogP contribution in [0.25, 0.3) is 11.0 Å². The van der Waals surface area contributed by atoms with Crippen LogP contribution in [0.15, 0.2) is 56.6 Å². The average molecular weight is 457 g/mol. The molecule has 2 aromatic carbocycles. The Balaban J connectivity index is 1.69. The molecule has 0 aliphatic carbocycles. The summed E-state index contributed by atoms with van der Waals surface area (Å²) in [7, 11) is -3.64. The van der Waals surface area contributed by atoms with Crippen molar-refractivity contribution in [1.29, 1.82) is 0 Å². The van der Waals surface area contributed by atoms with Crippen LogP contribution in [0, 0.1) is 13.8 Å². The highest BCUT2D eigenvalue weighted by molar-refractivity contribution is 7.89. The third-order valence-electron chi connectivity index (χ3n) is 5.30. The van der Waals surface area contributed by atoms with Gasteiger partial charge in [-0.25, -0.2) is 17.9 Å². The van der Waals surface area contributed by atoms with Gasteiger partial charge in [-0.3, -0.25) is 4.79 Å². The lowest BCUT2D eigenvalue weighted by atomic mass is 10.0. The standard InChI is InChI=1S/C24H28N2O5S/c1-4-5-13-25-32(29,30)19-8-6-7-18(15-19)26-23(27)12-11-21-17(3)20-10-9-16(2)14-22(20)31-24(21)28/h6-10,14-15,25H,4-5,11-13H2,1-3H3,(H,26,27). The molecule has 170 valence electrons. The smallest absolute Gasteiger partial charge is 0.339 e. The van der Waals surface area contributed by atoms with Gasteiger partial charge in [-0.05, 0) is 62.1 Å². The summed E-state index contributed by atoms with van der Waals surface area (Å²) in [6, 6.07) is 11.8. The van der Waals surface area contributed by atoms with E-state index < -0.39 is 15.6 Å². The Kier molecular flexibility index (Phi) is 7.48. The average Bonchev–Trinajstić information content (AvgIpc) is 2.73. The zero-order valence-electron chi connectivity index (χ0n) is 18.5. The number of rotatable bonds is 9. The molecule has 0 unspecified atom stereocenters. The number of sulfonamides is 1. The Morgan fingerprint density at radius 2 is 1.88 bits per heavy atom. The van der Waals surface area contributed by atoms with Crippen LogP contribution in [0.3, 0.4) is 0 Å². The number of amides is 1. The van der Waals surface area contributed by atoms with E-state index in [4.69, 9.17) is 4.42 Å². The van der Waals surface area contributed by atoms with Gasteiger partial charge >= 0.3 is 5.63 Å². The van der Waals surface area contributed by atoms with Crippen molar-refractivity contribution in [3.05, 3.63) is 69.6 Å². The molecule has 7 nitrogen and oxygen atoms in total. The molecular weight excluding hydrogens is 428 g/mol. The van der Waals surface area contributed by atoms with E-state index in [1.54, 1.807) is 12.1 Å². The van der Waals surface area contributed by atoms with E-state index in [0.717, 1.165) is 29.4 Å². The summed E-state index contributed by atoms with van der Waals surface area (Å²) in [5, 5.41) is 3.56. The molecule has 0 atom stereocenters. The molecule has 32 heavy (non-hydrogen) atoms. The van der Waals surface area contributed by atoms with Gasteiger partial charge in [0.1, 0.15) is 5.58 Å². The van der Waals surface area contributed by atoms with Gasteiger partial charge in [0.05, 0.1) is 4.90 Å². The fourth-order valence-corrected chi connectivity index (χ4v) is 4.58. The van der Waals surface area contributed by atoms with E-state index in [1.165, 1.54) is 12.1 Å². The first-order chi connectivity index (χ1) is 15.2. The van der Waals surface area contributed by atoms with E-state index in [1.807, 2.05) is 39.0 Å². The van der Waals surface area contributed by atoms with Crippen molar-refractivity contribution in [2.75, 3.05) is 11.9 Å². The summed E-state index contributed by atoms with van der Waals surface area (Å²) in [6.45, 7) is 6.12. The largest absolute Gasteiger partial charge is 0.423 e. The molecule has 0 aliphatic rings. The second kappa shape index (κ2) is 10.1. The zero-order valence-corrected chi connectivity index (χ0v) is 19.3. The molecule has 1 heterocycles. The minimum atomic E-state index is -3.64. The summed E-state index contributed by atoms with van der Waals surface area (Å²) in [4.78, 5) is 25.0. The Hall–Kier alpha value is -2.97. The number of nitrogens with one attached hydrogen (secondary N) is 2. The van der Waals surface area contributed by atoms with Crippen molar-refractivity contribution in [3.8, 4) is 0 Å². The maximum absolute atomic E-state index is 12.5. The van der Waals surface area contributed by atoms with Crippen LogP contribution in [0.1, 0.15) is 42.9 Å². The number of unbranched alkanes of at least 4 members (excludes halogenated alkanes) is 1. The molecule has 0 fully saturated rings. The number of hydrogen-bond acceptors (Lipinski definition) is 5. The predicted molar refractivity (Wildman–Crippen MR) is 125 cm³/mol. The van der Waals surface area contributed by atoms with Crippen molar-refractivity contribution in [3.63, 3.8) is 0 Å². The number of anilines is 1. The summed E-state index contributed by atoms with van der Waals surface area (Å²) in [5.41, 5.74) is 2.73. The zero-order chi connectivity index (χ0) is 23.3. The van der Waals surface area contributed by atoms with Crippen LogP contribution in [-0.2, 0) is 21.2 Å². The third kappa shape index (κ3) is 5.63. The van der Waals surface area contributed by atoms with Gasteiger partial charge in [-0.2, -0.15) is 0 Å². The van der Waals surface area contributed by atoms with Crippen LogP contribution < -0.4 is 15.7 Å². The minimum Gasteiger partial charge on any atom is -0.423 e. The molecule has 0 bridgehead atoms. The Morgan fingerprint density at radius 3 is 2.62 bits per heavy atom. The van der Waals surface area contributed by atoms with Gasteiger partial charge in [-0.1, -0.05) is 31.5 Å². The molecule has 1 amide bonds. The molecule has 8 heteroatoms. The van der Waals surface area contributed by atoms with Gasteiger partial charge in [0.2, 0.25) is 15.9 Å². The van der Waals surface area contributed by atoms with Gasteiger partial charge in [0, 0.05) is 29.6 Å². The number of aryl methyl sites for hydroxylation is 2. The van der Waals surface area contributed by atoms with E-state index in [2.05, 4.69) is 10.0 Å². The van der Waals surface area contributed by atoms with Crippen LogP contribution >= 0.6 is 0 Å².